The summed E-state index contributed by atoms with van der Waals surface area (Å²) in [4.78, 5) is 14.3. The third-order valence-corrected chi connectivity index (χ3v) is 4.48. The molecule has 1 aliphatic rings. The van der Waals surface area contributed by atoms with Gasteiger partial charge in [-0.3, -0.25) is 4.90 Å². The molecule has 3 atom stereocenters. The van der Waals surface area contributed by atoms with Gasteiger partial charge in [-0.25, -0.2) is 4.79 Å². The molecular weight excluding hydrogens is 302 g/mol. The molecule has 0 aliphatic carbocycles. The van der Waals surface area contributed by atoms with Crippen LogP contribution in [0, 0.1) is 0 Å². The topological polar surface area (TPSA) is 64.6 Å². The Balaban J connectivity index is 2.03. The smallest absolute Gasteiger partial charge is 0.315 e. The van der Waals surface area contributed by atoms with Crippen molar-refractivity contribution in [3.8, 4) is 0 Å². The number of carbonyl (C=O) groups is 1. The van der Waals surface area contributed by atoms with Gasteiger partial charge < -0.3 is 15.7 Å². The number of likely N-dealkylation sites (N-methyl/N-ethyl adjacent to an activating group) is 1. The molecule has 1 aromatic rings. The van der Waals surface area contributed by atoms with E-state index in [1.54, 1.807) is 0 Å². The van der Waals surface area contributed by atoms with E-state index in [0.717, 1.165) is 18.5 Å². The van der Waals surface area contributed by atoms with Crippen molar-refractivity contribution >= 4 is 17.6 Å². The molecule has 3 N–H and O–H groups in total. The number of nitrogens with zero attached hydrogens (tertiary/aromatic N) is 1. The first-order valence-corrected chi connectivity index (χ1v) is 8.06. The Kier molecular flexibility index (Phi) is 6.06. The second-order valence-electron chi connectivity index (χ2n) is 5.78. The molecule has 1 aromatic carbocycles. The maximum Gasteiger partial charge on any atom is 0.315 e. The molecule has 6 heteroatoms. The van der Waals surface area contributed by atoms with Crippen LogP contribution in [-0.4, -0.2) is 48.3 Å². The fourth-order valence-corrected chi connectivity index (χ4v) is 3.04. The first-order valence-electron chi connectivity index (χ1n) is 7.68. The number of aliphatic hydroxyl groups is 1. The summed E-state index contributed by atoms with van der Waals surface area (Å²) >= 11 is 5.95. The summed E-state index contributed by atoms with van der Waals surface area (Å²) in [6.07, 6.45) is 1.60. The fraction of sp³-hybridized carbons (Fsp3) is 0.562. The minimum absolute atomic E-state index is 0.0439. The summed E-state index contributed by atoms with van der Waals surface area (Å²) in [5.74, 6) is 0. The molecular formula is C16H24ClN3O2. The van der Waals surface area contributed by atoms with E-state index < -0.39 is 0 Å². The number of carbonyl (C=O) groups excluding carboxylic acids is 1. The molecule has 122 valence electrons. The second kappa shape index (κ2) is 7.81. The number of aliphatic hydroxyl groups excluding tert-OH is 1. The molecule has 0 spiro atoms. The maximum atomic E-state index is 12.1. The minimum Gasteiger partial charge on any atom is -0.394 e. The first kappa shape index (κ1) is 17.1. The van der Waals surface area contributed by atoms with Crippen molar-refractivity contribution < 1.29 is 9.90 Å². The molecule has 1 fully saturated rings. The standard InChI is InChI=1S/C16H24ClN3O2/c1-3-13(10-21)18-16(22)19-14-8-9-20(2)15(14)11-4-6-12(17)7-5-11/h4-7,13-15,21H,3,8-10H2,1-2H3,(H2,18,19,22). The van der Waals surface area contributed by atoms with Crippen LogP contribution in [0.1, 0.15) is 31.4 Å². The highest BCUT2D eigenvalue weighted by Crippen LogP contribution is 2.31. The Labute approximate surface area is 136 Å². The average molecular weight is 326 g/mol. The molecule has 1 saturated heterocycles. The fourth-order valence-electron chi connectivity index (χ4n) is 2.92. The van der Waals surface area contributed by atoms with E-state index in [-0.39, 0.29) is 30.8 Å². The van der Waals surface area contributed by atoms with E-state index in [1.807, 2.05) is 31.2 Å². The lowest BCUT2D eigenvalue weighted by Crippen LogP contribution is -2.48. The molecule has 2 amide bonds. The number of amides is 2. The number of hydrogen-bond acceptors (Lipinski definition) is 3. The van der Waals surface area contributed by atoms with Crippen molar-refractivity contribution in [1.82, 2.24) is 15.5 Å². The van der Waals surface area contributed by atoms with E-state index in [1.165, 1.54) is 0 Å². The molecule has 0 aromatic heterocycles. The average Bonchev–Trinajstić information content (AvgIpc) is 2.86. The molecule has 22 heavy (non-hydrogen) atoms. The van der Waals surface area contributed by atoms with Crippen LogP contribution in [0.2, 0.25) is 5.02 Å². The zero-order valence-electron chi connectivity index (χ0n) is 13.1. The molecule has 2 rings (SSSR count). The Morgan fingerprint density at radius 2 is 2.14 bits per heavy atom. The Bertz CT molecular complexity index is 491. The van der Waals surface area contributed by atoms with Gasteiger partial charge in [-0.1, -0.05) is 30.7 Å². The van der Waals surface area contributed by atoms with Crippen LogP contribution in [-0.2, 0) is 0 Å². The lowest BCUT2D eigenvalue weighted by molar-refractivity contribution is 0.208. The number of rotatable bonds is 5. The summed E-state index contributed by atoms with van der Waals surface area (Å²) in [5, 5.41) is 15.7. The lowest BCUT2D eigenvalue weighted by atomic mass is 10.0. The van der Waals surface area contributed by atoms with Crippen LogP contribution in [0.15, 0.2) is 24.3 Å². The highest BCUT2D eigenvalue weighted by atomic mass is 35.5. The zero-order valence-corrected chi connectivity index (χ0v) is 13.8. The van der Waals surface area contributed by atoms with E-state index in [0.29, 0.717) is 11.4 Å². The molecule has 5 nitrogen and oxygen atoms in total. The molecule has 1 heterocycles. The molecule has 1 aliphatic heterocycles. The quantitative estimate of drug-likeness (QED) is 0.777. The predicted molar refractivity (Wildman–Crippen MR) is 88.1 cm³/mol. The number of likely N-dealkylation sites (tertiary alicyclic amines) is 1. The Morgan fingerprint density at radius 3 is 2.73 bits per heavy atom. The van der Waals surface area contributed by atoms with Gasteiger partial charge in [-0.2, -0.15) is 0 Å². The second-order valence-corrected chi connectivity index (χ2v) is 6.21. The molecule has 0 saturated carbocycles. The largest absolute Gasteiger partial charge is 0.394 e. The number of urea groups is 1. The van der Waals surface area contributed by atoms with Crippen molar-refractivity contribution in [3.63, 3.8) is 0 Å². The van der Waals surface area contributed by atoms with Crippen molar-refractivity contribution in [3.05, 3.63) is 34.9 Å². The van der Waals surface area contributed by atoms with E-state index in [9.17, 15) is 9.90 Å². The van der Waals surface area contributed by atoms with E-state index >= 15 is 0 Å². The van der Waals surface area contributed by atoms with Gasteiger partial charge in [0.05, 0.1) is 24.7 Å². The number of halogens is 1. The SMILES string of the molecule is CCC(CO)NC(=O)NC1CCN(C)C1c1ccc(Cl)cc1. The van der Waals surface area contributed by atoms with Crippen LogP contribution in [0.3, 0.4) is 0 Å². The van der Waals surface area contributed by atoms with Gasteiger partial charge in [0.15, 0.2) is 0 Å². The predicted octanol–water partition coefficient (Wildman–Crippen LogP) is 2.16. The zero-order chi connectivity index (χ0) is 16.1. The number of benzene rings is 1. The van der Waals surface area contributed by atoms with Gasteiger partial charge in [0, 0.05) is 11.6 Å². The summed E-state index contributed by atoms with van der Waals surface area (Å²) < 4.78 is 0. The van der Waals surface area contributed by atoms with Crippen molar-refractivity contribution in [2.24, 2.45) is 0 Å². The summed E-state index contributed by atoms with van der Waals surface area (Å²) in [7, 11) is 2.06. The van der Waals surface area contributed by atoms with Gasteiger partial charge in [0.2, 0.25) is 0 Å². The number of hydrogen-bond donors (Lipinski definition) is 3. The van der Waals surface area contributed by atoms with E-state index in [4.69, 9.17) is 11.6 Å². The third-order valence-electron chi connectivity index (χ3n) is 4.23. The molecule has 0 bridgehead atoms. The van der Waals surface area contributed by atoms with Crippen LogP contribution >= 0.6 is 11.6 Å². The summed E-state index contributed by atoms with van der Waals surface area (Å²) in [5.41, 5.74) is 1.14. The van der Waals surface area contributed by atoms with E-state index in [2.05, 4.69) is 22.6 Å². The normalized spacial score (nSPS) is 23.3. The highest BCUT2D eigenvalue weighted by Gasteiger charge is 2.34. The molecule has 0 radical (unpaired) electrons. The van der Waals surface area contributed by atoms with Crippen molar-refractivity contribution in [2.45, 2.75) is 37.9 Å². The van der Waals surface area contributed by atoms with Gasteiger partial charge >= 0.3 is 6.03 Å². The lowest BCUT2D eigenvalue weighted by Gasteiger charge is -2.27. The Hall–Kier alpha value is -1.30. The van der Waals surface area contributed by atoms with Gasteiger partial charge in [0.1, 0.15) is 0 Å². The van der Waals surface area contributed by atoms with Gasteiger partial charge in [-0.15, -0.1) is 0 Å². The van der Waals surface area contributed by atoms with Crippen LogP contribution in [0.4, 0.5) is 4.79 Å². The third kappa shape index (κ3) is 4.12. The van der Waals surface area contributed by atoms with Crippen molar-refractivity contribution in [2.75, 3.05) is 20.2 Å². The highest BCUT2D eigenvalue weighted by molar-refractivity contribution is 6.30. The summed E-state index contributed by atoms with van der Waals surface area (Å²) in [6.45, 7) is 2.81. The van der Waals surface area contributed by atoms with Gasteiger partial charge in [0.25, 0.3) is 0 Å². The van der Waals surface area contributed by atoms with Gasteiger partial charge in [-0.05, 0) is 37.6 Å². The first-order chi connectivity index (χ1) is 10.5. The summed E-state index contributed by atoms with van der Waals surface area (Å²) in [6, 6.07) is 7.51. The molecule has 3 unspecified atom stereocenters. The van der Waals surface area contributed by atoms with Crippen LogP contribution in [0.5, 0.6) is 0 Å². The maximum absolute atomic E-state index is 12.1. The number of nitrogens with one attached hydrogen (secondary N) is 2. The van der Waals surface area contributed by atoms with Crippen molar-refractivity contribution in [1.29, 1.82) is 0 Å². The Morgan fingerprint density at radius 1 is 1.45 bits per heavy atom. The monoisotopic (exact) mass is 325 g/mol. The van der Waals surface area contributed by atoms with Crippen LogP contribution < -0.4 is 10.6 Å². The minimum atomic E-state index is -0.222. The van der Waals surface area contributed by atoms with Crippen LogP contribution in [0.25, 0.3) is 0 Å².